The zero-order valence-electron chi connectivity index (χ0n) is 11.4. The fraction of sp³-hybridized carbons (Fsp3) is 1.00. The molecule has 3 atom stereocenters. The second-order valence-corrected chi connectivity index (χ2v) is 5.91. The van der Waals surface area contributed by atoms with Gasteiger partial charge < -0.3 is 15.3 Å². The lowest BCUT2D eigenvalue weighted by Crippen LogP contribution is -2.54. The summed E-state index contributed by atoms with van der Waals surface area (Å²) >= 11 is 0. The maximum absolute atomic E-state index is 9.54. The van der Waals surface area contributed by atoms with Crippen molar-refractivity contribution in [2.75, 3.05) is 40.3 Å². The smallest absolute Gasteiger partial charge is 0.0613 e. The zero-order valence-corrected chi connectivity index (χ0v) is 11.4. The number of nitrogens with zero attached hydrogens (tertiary/aromatic N) is 2. The Balaban J connectivity index is 1.92. The molecule has 2 aliphatic rings. The minimum atomic E-state index is -0.0166. The van der Waals surface area contributed by atoms with Gasteiger partial charge in [0.15, 0.2) is 0 Å². The number of hydrogen-bond acceptors (Lipinski definition) is 4. The summed E-state index contributed by atoms with van der Waals surface area (Å²) in [7, 11) is 4.19. The van der Waals surface area contributed by atoms with Crippen LogP contribution in [0.1, 0.15) is 26.2 Å². The molecule has 4 nitrogen and oxygen atoms in total. The first-order valence-corrected chi connectivity index (χ1v) is 6.84. The van der Waals surface area contributed by atoms with Gasteiger partial charge in [-0.15, -0.1) is 0 Å². The van der Waals surface area contributed by atoms with Gasteiger partial charge in [-0.1, -0.05) is 0 Å². The maximum Gasteiger partial charge on any atom is 0.0613 e. The summed E-state index contributed by atoms with van der Waals surface area (Å²) in [6.45, 7) is 6.09. The third kappa shape index (κ3) is 2.65. The van der Waals surface area contributed by atoms with Crippen LogP contribution in [0, 0.1) is 0 Å². The van der Waals surface area contributed by atoms with Crippen molar-refractivity contribution in [1.29, 1.82) is 0 Å². The van der Waals surface area contributed by atoms with Crippen LogP contribution < -0.4 is 5.32 Å². The van der Waals surface area contributed by atoms with Gasteiger partial charge in [0.05, 0.1) is 6.61 Å². The Morgan fingerprint density at radius 2 is 2.18 bits per heavy atom. The monoisotopic (exact) mass is 241 g/mol. The SMILES string of the molecule is CNC1(CO)CCC(N2CCN(C)C(C)C2)C1. The van der Waals surface area contributed by atoms with E-state index in [1.807, 2.05) is 7.05 Å². The molecule has 0 bridgehead atoms. The Kier molecular flexibility index (Phi) is 4.08. The number of piperazine rings is 1. The van der Waals surface area contributed by atoms with Gasteiger partial charge in [0.2, 0.25) is 0 Å². The standard InChI is InChI=1S/C13H27N3O/c1-11-9-16(7-6-15(11)3)12-4-5-13(8-12,10-17)14-2/h11-12,14,17H,4-10H2,1-3H3. The highest BCUT2D eigenvalue weighted by atomic mass is 16.3. The summed E-state index contributed by atoms with van der Waals surface area (Å²) in [5.41, 5.74) is -0.0166. The normalized spacial score (nSPS) is 40.9. The molecule has 17 heavy (non-hydrogen) atoms. The first-order valence-electron chi connectivity index (χ1n) is 6.84. The van der Waals surface area contributed by atoms with Crippen LogP contribution in [-0.4, -0.2) is 72.9 Å². The van der Waals surface area contributed by atoms with Crippen molar-refractivity contribution in [3.05, 3.63) is 0 Å². The first kappa shape index (κ1) is 13.3. The maximum atomic E-state index is 9.54. The number of aliphatic hydroxyl groups is 1. The highest BCUT2D eigenvalue weighted by Crippen LogP contribution is 2.33. The quantitative estimate of drug-likeness (QED) is 0.736. The number of rotatable bonds is 3. The summed E-state index contributed by atoms with van der Waals surface area (Å²) in [6, 6.07) is 1.31. The van der Waals surface area contributed by atoms with Crippen molar-refractivity contribution in [3.8, 4) is 0 Å². The van der Waals surface area contributed by atoms with E-state index >= 15 is 0 Å². The van der Waals surface area contributed by atoms with Crippen LogP contribution in [0.4, 0.5) is 0 Å². The Labute approximate surface area is 105 Å². The van der Waals surface area contributed by atoms with Crippen molar-refractivity contribution in [3.63, 3.8) is 0 Å². The second-order valence-electron chi connectivity index (χ2n) is 5.91. The molecule has 4 heteroatoms. The van der Waals surface area contributed by atoms with Crippen molar-refractivity contribution >= 4 is 0 Å². The molecule has 100 valence electrons. The lowest BCUT2D eigenvalue weighted by atomic mass is 9.98. The van der Waals surface area contributed by atoms with E-state index in [0.717, 1.165) is 12.8 Å². The van der Waals surface area contributed by atoms with E-state index in [1.54, 1.807) is 0 Å². The summed E-state index contributed by atoms with van der Waals surface area (Å²) in [6.07, 6.45) is 3.42. The van der Waals surface area contributed by atoms with E-state index in [9.17, 15) is 5.11 Å². The lowest BCUT2D eigenvalue weighted by molar-refractivity contribution is 0.0676. The van der Waals surface area contributed by atoms with Gasteiger partial charge in [0, 0.05) is 37.3 Å². The molecule has 0 aromatic heterocycles. The minimum Gasteiger partial charge on any atom is -0.394 e. The Hall–Kier alpha value is -0.160. The molecule has 3 unspecified atom stereocenters. The average Bonchev–Trinajstić information content (AvgIpc) is 2.78. The second kappa shape index (κ2) is 5.22. The molecule has 0 amide bonds. The molecule has 0 radical (unpaired) electrons. The van der Waals surface area contributed by atoms with E-state index in [2.05, 4.69) is 29.1 Å². The van der Waals surface area contributed by atoms with Gasteiger partial charge in [-0.2, -0.15) is 0 Å². The number of aliphatic hydroxyl groups excluding tert-OH is 1. The average molecular weight is 241 g/mol. The number of likely N-dealkylation sites (N-methyl/N-ethyl adjacent to an activating group) is 2. The Bertz CT molecular complexity index is 255. The topological polar surface area (TPSA) is 38.7 Å². The Morgan fingerprint density at radius 3 is 2.71 bits per heavy atom. The van der Waals surface area contributed by atoms with E-state index < -0.39 is 0 Å². The van der Waals surface area contributed by atoms with E-state index in [-0.39, 0.29) is 12.1 Å². The molecule has 0 aromatic rings. The van der Waals surface area contributed by atoms with Crippen molar-refractivity contribution in [2.24, 2.45) is 0 Å². The number of nitrogens with one attached hydrogen (secondary N) is 1. The predicted molar refractivity (Wildman–Crippen MR) is 70.2 cm³/mol. The van der Waals surface area contributed by atoms with Crippen LogP contribution in [0.3, 0.4) is 0 Å². The van der Waals surface area contributed by atoms with Crippen LogP contribution in [0.5, 0.6) is 0 Å². The molecule has 1 heterocycles. The Morgan fingerprint density at radius 1 is 1.41 bits per heavy atom. The van der Waals surface area contributed by atoms with Crippen molar-refractivity contribution in [1.82, 2.24) is 15.1 Å². The third-order valence-corrected chi connectivity index (χ3v) is 4.92. The van der Waals surface area contributed by atoms with Gasteiger partial charge in [-0.3, -0.25) is 4.90 Å². The van der Waals surface area contributed by atoms with Gasteiger partial charge in [-0.05, 0) is 40.3 Å². The number of hydrogen-bond donors (Lipinski definition) is 2. The van der Waals surface area contributed by atoms with Gasteiger partial charge >= 0.3 is 0 Å². The van der Waals surface area contributed by atoms with Crippen LogP contribution in [0.25, 0.3) is 0 Å². The molecule has 0 aromatic carbocycles. The summed E-state index contributed by atoms with van der Waals surface area (Å²) in [5.74, 6) is 0. The van der Waals surface area contributed by atoms with Gasteiger partial charge in [-0.25, -0.2) is 0 Å². The van der Waals surface area contributed by atoms with Crippen LogP contribution in [-0.2, 0) is 0 Å². The molecule has 2 fully saturated rings. The van der Waals surface area contributed by atoms with Crippen molar-refractivity contribution < 1.29 is 5.11 Å². The lowest BCUT2D eigenvalue weighted by Gasteiger charge is -2.41. The largest absolute Gasteiger partial charge is 0.394 e. The van der Waals surface area contributed by atoms with Crippen LogP contribution in [0.15, 0.2) is 0 Å². The third-order valence-electron chi connectivity index (χ3n) is 4.92. The first-order chi connectivity index (χ1) is 8.10. The van der Waals surface area contributed by atoms with Gasteiger partial charge in [0.1, 0.15) is 0 Å². The molecule has 1 aliphatic carbocycles. The zero-order chi connectivity index (χ0) is 12.5. The van der Waals surface area contributed by atoms with E-state index in [0.29, 0.717) is 12.1 Å². The van der Waals surface area contributed by atoms with E-state index in [1.165, 1.54) is 26.1 Å². The molecule has 2 N–H and O–H groups in total. The predicted octanol–water partition coefficient (Wildman–Crippen LogP) is 0.125. The van der Waals surface area contributed by atoms with Gasteiger partial charge in [0.25, 0.3) is 0 Å². The molecular weight excluding hydrogens is 214 g/mol. The molecule has 0 spiro atoms. The highest BCUT2D eigenvalue weighted by Gasteiger charge is 2.40. The molecule has 1 saturated carbocycles. The molecule has 1 saturated heterocycles. The fourth-order valence-electron chi connectivity index (χ4n) is 3.27. The molecule has 1 aliphatic heterocycles. The summed E-state index contributed by atoms with van der Waals surface area (Å²) in [5, 5.41) is 12.9. The minimum absolute atomic E-state index is 0.0166. The summed E-state index contributed by atoms with van der Waals surface area (Å²) in [4.78, 5) is 5.06. The fourth-order valence-corrected chi connectivity index (χ4v) is 3.27. The van der Waals surface area contributed by atoms with Crippen molar-refractivity contribution in [2.45, 2.75) is 43.8 Å². The van der Waals surface area contributed by atoms with E-state index in [4.69, 9.17) is 0 Å². The highest BCUT2D eigenvalue weighted by molar-refractivity contribution is 4.99. The summed E-state index contributed by atoms with van der Waals surface area (Å²) < 4.78 is 0. The van der Waals surface area contributed by atoms with Crippen LogP contribution in [0.2, 0.25) is 0 Å². The molecule has 2 rings (SSSR count). The molecular formula is C13H27N3O. The van der Waals surface area contributed by atoms with Crippen LogP contribution >= 0.6 is 0 Å².